The fourth-order valence-corrected chi connectivity index (χ4v) is 6.69. The van der Waals surface area contributed by atoms with E-state index in [2.05, 4.69) is 150 Å². The molecule has 1 heterocycles. The summed E-state index contributed by atoms with van der Waals surface area (Å²) in [5.74, 6) is 0. The summed E-state index contributed by atoms with van der Waals surface area (Å²) in [5.41, 5.74) is 10.4. The molecule has 8 rings (SSSR count). The van der Waals surface area contributed by atoms with Gasteiger partial charge in [0.05, 0.1) is 11.0 Å². The second-order valence-corrected chi connectivity index (χ2v) is 11.3. The van der Waals surface area contributed by atoms with Gasteiger partial charge in [0.1, 0.15) is 0 Å². The first kappa shape index (κ1) is 25.9. The minimum Gasteiger partial charge on any atom is -0.309 e. The van der Waals surface area contributed by atoms with E-state index in [0.29, 0.717) is 0 Å². The number of nitrogens with zero attached hydrogens (tertiary/aromatic N) is 1. The zero-order valence-corrected chi connectivity index (χ0v) is 24.5. The summed E-state index contributed by atoms with van der Waals surface area (Å²) >= 11 is 0. The number of aromatic nitrogens is 1. The predicted molar refractivity (Wildman–Crippen MR) is 189 cm³/mol. The van der Waals surface area contributed by atoms with Gasteiger partial charge in [-0.1, -0.05) is 127 Å². The van der Waals surface area contributed by atoms with Crippen LogP contribution >= 0.6 is 0 Å². The highest BCUT2D eigenvalue weighted by Gasteiger charge is 2.16. The molecule has 0 radical (unpaired) electrons. The quantitative estimate of drug-likeness (QED) is 0.202. The van der Waals surface area contributed by atoms with E-state index < -0.39 is 0 Å². The van der Waals surface area contributed by atoms with Crippen molar-refractivity contribution >= 4 is 55.1 Å². The molecule has 0 bridgehead atoms. The Balaban J connectivity index is 1.31. The van der Waals surface area contributed by atoms with E-state index in [0.717, 1.165) is 16.8 Å². The van der Waals surface area contributed by atoms with Crippen molar-refractivity contribution in [3.05, 3.63) is 157 Å². The van der Waals surface area contributed by atoms with Crippen LogP contribution in [0.1, 0.15) is 12.5 Å². The summed E-state index contributed by atoms with van der Waals surface area (Å²) in [6.07, 6.45) is 3.42. The van der Waals surface area contributed by atoms with Crippen molar-refractivity contribution in [2.45, 2.75) is 6.92 Å². The number of hydrogen-bond donors (Lipinski definition) is 1. The third-order valence-electron chi connectivity index (χ3n) is 8.88. The molecule has 0 atom stereocenters. The van der Waals surface area contributed by atoms with Crippen molar-refractivity contribution in [1.82, 2.24) is 4.57 Å². The van der Waals surface area contributed by atoms with Crippen molar-refractivity contribution in [3.63, 3.8) is 0 Å². The number of nitrogens with one attached hydrogen (secondary N) is 1. The lowest BCUT2D eigenvalue weighted by Crippen LogP contribution is -1.94. The van der Waals surface area contributed by atoms with Crippen LogP contribution in [-0.4, -0.2) is 10.8 Å². The molecule has 0 amide bonds. The SMILES string of the molecule is C/C=C(\C=N)c1ccc2c(ccc3c4ccc(-c5ccc(-c6cccc7ccccc67)cc5)cc4n(-c4ccccc4)c23)c1. The molecule has 208 valence electrons. The smallest absolute Gasteiger partial charge is 0.0619 e. The number of hydrogen-bond acceptors (Lipinski definition) is 1. The van der Waals surface area contributed by atoms with Gasteiger partial charge in [-0.25, -0.2) is 0 Å². The zero-order valence-electron chi connectivity index (χ0n) is 24.5. The summed E-state index contributed by atoms with van der Waals surface area (Å²) in [5, 5.41) is 15.2. The molecule has 2 heteroatoms. The van der Waals surface area contributed by atoms with Gasteiger partial charge in [-0.2, -0.15) is 0 Å². The molecular weight excluding hydrogens is 532 g/mol. The van der Waals surface area contributed by atoms with Crippen LogP contribution in [-0.2, 0) is 0 Å². The third-order valence-corrected chi connectivity index (χ3v) is 8.88. The zero-order chi connectivity index (χ0) is 29.6. The van der Waals surface area contributed by atoms with E-state index in [-0.39, 0.29) is 0 Å². The second kappa shape index (κ2) is 10.5. The summed E-state index contributed by atoms with van der Waals surface area (Å²) in [7, 11) is 0. The minimum absolute atomic E-state index is 0.923. The number of benzene rings is 7. The van der Waals surface area contributed by atoms with Crippen LogP contribution in [0.15, 0.2) is 152 Å². The van der Waals surface area contributed by atoms with Crippen LogP contribution in [0.4, 0.5) is 0 Å². The normalized spacial score (nSPS) is 12.0. The molecule has 0 aliphatic heterocycles. The van der Waals surface area contributed by atoms with Gasteiger partial charge in [-0.15, -0.1) is 0 Å². The third kappa shape index (κ3) is 4.15. The summed E-state index contributed by atoms with van der Waals surface area (Å²) in [6.45, 7) is 1.98. The lowest BCUT2D eigenvalue weighted by molar-refractivity contribution is 1.19. The van der Waals surface area contributed by atoms with Crippen molar-refractivity contribution in [2.75, 3.05) is 0 Å². The van der Waals surface area contributed by atoms with E-state index >= 15 is 0 Å². The number of para-hydroxylation sites is 1. The van der Waals surface area contributed by atoms with Crippen molar-refractivity contribution in [2.24, 2.45) is 0 Å². The van der Waals surface area contributed by atoms with Gasteiger partial charge < -0.3 is 9.98 Å². The lowest BCUT2D eigenvalue weighted by atomic mass is 9.96. The molecule has 0 unspecified atom stereocenters. The molecule has 0 saturated heterocycles. The highest BCUT2D eigenvalue weighted by atomic mass is 15.0. The molecule has 8 aromatic rings. The molecule has 1 aromatic heterocycles. The Morgan fingerprint density at radius 2 is 1.25 bits per heavy atom. The van der Waals surface area contributed by atoms with Crippen molar-refractivity contribution in [3.8, 4) is 27.9 Å². The Labute approximate surface area is 256 Å². The maximum atomic E-state index is 7.84. The van der Waals surface area contributed by atoms with Crippen molar-refractivity contribution in [1.29, 1.82) is 5.41 Å². The maximum Gasteiger partial charge on any atom is 0.0619 e. The highest BCUT2D eigenvalue weighted by molar-refractivity contribution is 6.20. The van der Waals surface area contributed by atoms with Gasteiger partial charge >= 0.3 is 0 Å². The van der Waals surface area contributed by atoms with Gasteiger partial charge in [-0.3, -0.25) is 0 Å². The molecule has 0 fully saturated rings. The van der Waals surface area contributed by atoms with Gasteiger partial charge in [0, 0.05) is 28.1 Å². The monoisotopic (exact) mass is 562 g/mol. The lowest BCUT2D eigenvalue weighted by Gasteiger charge is -2.12. The van der Waals surface area contributed by atoms with E-state index in [1.165, 1.54) is 71.8 Å². The topological polar surface area (TPSA) is 28.8 Å². The number of allylic oxidation sites excluding steroid dienone is 2. The average molecular weight is 563 g/mol. The molecule has 1 N–H and O–H groups in total. The van der Waals surface area contributed by atoms with Gasteiger partial charge in [0.15, 0.2) is 0 Å². The Hall–Kier alpha value is -5.73. The van der Waals surface area contributed by atoms with E-state index in [1.807, 2.05) is 13.0 Å². The standard InChI is InChI=1S/C42H30N2/c1-2-28(27-43)32-19-22-38-34(25-32)21-24-40-39-23-20-33(26-41(39)44(42(38)40)35-11-4-3-5-12-35)29-15-17-31(18-16-29)37-14-8-10-30-9-6-7-13-36(30)37/h2-27,43H,1H3/b28-2+,43-27?. The minimum atomic E-state index is 0.923. The Morgan fingerprint density at radius 1 is 0.545 bits per heavy atom. The highest BCUT2D eigenvalue weighted by Crippen LogP contribution is 2.39. The van der Waals surface area contributed by atoms with Crippen LogP contribution < -0.4 is 0 Å². The van der Waals surface area contributed by atoms with Gasteiger partial charge in [0.2, 0.25) is 0 Å². The first-order valence-electron chi connectivity index (χ1n) is 15.1. The van der Waals surface area contributed by atoms with E-state index in [1.54, 1.807) is 0 Å². The molecule has 0 saturated carbocycles. The number of fused-ring (bicyclic) bond motifs is 6. The van der Waals surface area contributed by atoms with E-state index in [4.69, 9.17) is 5.41 Å². The first-order chi connectivity index (χ1) is 21.7. The summed E-state index contributed by atoms with van der Waals surface area (Å²) in [6, 6.07) is 52.6. The van der Waals surface area contributed by atoms with Crippen molar-refractivity contribution < 1.29 is 0 Å². The Kier molecular flexibility index (Phi) is 6.20. The Morgan fingerprint density at radius 3 is 2.07 bits per heavy atom. The fraction of sp³-hybridized carbons (Fsp3) is 0.0238. The molecule has 0 aliphatic rings. The molecule has 0 spiro atoms. The summed E-state index contributed by atoms with van der Waals surface area (Å²) in [4.78, 5) is 0. The predicted octanol–water partition coefficient (Wildman–Crippen LogP) is 11.5. The van der Waals surface area contributed by atoms with Crippen LogP contribution in [0, 0.1) is 5.41 Å². The van der Waals surface area contributed by atoms with Gasteiger partial charge in [-0.05, 0) is 80.7 Å². The average Bonchev–Trinajstić information content (AvgIpc) is 3.43. The fourth-order valence-electron chi connectivity index (χ4n) is 6.69. The van der Waals surface area contributed by atoms with Gasteiger partial charge in [0.25, 0.3) is 0 Å². The summed E-state index contributed by atoms with van der Waals surface area (Å²) < 4.78 is 2.41. The van der Waals surface area contributed by atoms with Crippen LogP contribution in [0.5, 0.6) is 0 Å². The maximum absolute atomic E-state index is 7.84. The molecule has 2 nitrogen and oxygen atoms in total. The van der Waals surface area contributed by atoms with E-state index in [9.17, 15) is 0 Å². The largest absolute Gasteiger partial charge is 0.309 e. The first-order valence-corrected chi connectivity index (χ1v) is 15.1. The van der Waals surface area contributed by atoms with Crippen LogP contribution in [0.3, 0.4) is 0 Å². The number of rotatable bonds is 5. The van der Waals surface area contributed by atoms with Crippen LogP contribution in [0.25, 0.3) is 76.9 Å². The van der Waals surface area contributed by atoms with Crippen LogP contribution in [0.2, 0.25) is 0 Å². The molecule has 0 aliphatic carbocycles. The Bertz CT molecular complexity index is 2390. The molecular formula is C42H30N2. The molecule has 44 heavy (non-hydrogen) atoms. The second-order valence-electron chi connectivity index (χ2n) is 11.3. The molecule has 7 aromatic carbocycles.